The average Bonchev–Trinajstić information content (AvgIpc) is 2.82. The highest BCUT2D eigenvalue weighted by atomic mass is 79.9. The Labute approximate surface area is 193 Å². The Morgan fingerprint density at radius 3 is 2.25 bits per heavy atom. The lowest BCUT2D eigenvalue weighted by atomic mass is 10.1. The molecule has 0 radical (unpaired) electrons. The Balaban J connectivity index is 1.56. The molecule has 0 saturated carbocycles. The summed E-state index contributed by atoms with van der Waals surface area (Å²) in [4.78, 5) is 36.5. The number of hydrogen-bond donors (Lipinski definition) is 1. The lowest BCUT2D eigenvalue weighted by Gasteiger charge is -2.12. The topological polar surface area (TPSA) is 90.9 Å². The van der Waals surface area contributed by atoms with Crippen LogP contribution in [0.3, 0.4) is 0 Å². The molecule has 3 aromatic carbocycles. The molecular formula is C24H20BrNO6. The van der Waals surface area contributed by atoms with Crippen molar-refractivity contribution in [2.45, 2.75) is 0 Å². The first-order valence-corrected chi connectivity index (χ1v) is 10.4. The SMILES string of the molecule is COc1cc(C(=O)OCC(=O)c2ccccc2)ccc1OCC(=O)Nc1ccc(Br)cc1. The number of hydrogen-bond acceptors (Lipinski definition) is 6. The van der Waals surface area contributed by atoms with E-state index >= 15 is 0 Å². The quantitative estimate of drug-likeness (QED) is 0.345. The number of Topliss-reactive ketones (excluding diaryl/α,β-unsaturated/α-hetero) is 1. The number of carbonyl (C=O) groups excluding carboxylic acids is 3. The van der Waals surface area contributed by atoms with Gasteiger partial charge in [0, 0.05) is 15.7 Å². The number of amides is 1. The number of ether oxygens (including phenoxy) is 3. The molecule has 0 aromatic heterocycles. The summed E-state index contributed by atoms with van der Waals surface area (Å²) >= 11 is 3.33. The van der Waals surface area contributed by atoms with Crippen LogP contribution in [0.1, 0.15) is 20.7 Å². The molecule has 0 aliphatic heterocycles. The summed E-state index contributed by atoms with van der Waals surface area (Å²) in [5.41, 5.74) is 1.29. The number of anilines is 1. The van der Waals surface area contributed by atoms with Gasteiger partial charge < -0.3 is 19.5 Å². The summed E-state index contributed by atoms with van der Waals surface area (Å²) in [6.45, 7) is -0.624. The van der Waals surface area contributed by atoms with Gasteiger partial charge in [-0.3, -0.25) is 9.59 Å². The van der Waals surface area contributed by atoms with Crippen LogP contribution in [0.5, 0.6) is 11.5 Å². The van der Waals surface area contributed by atoms with E-state index in [1.807, 2.05) is 12.1 Å². The summed E-state index contributed by atoms with van der Waals surface area (Å²) in [5, 5.41) is 2.72. The number of halogens is 1. The molecule has 0 heterocycles. The molecule has 3 aromatic rings. The van der Waals surface area contributed by atoms with Crippen LogP contribution >= 0.6 is 15.9 Å². The fourth-order valence-corrected chi connectivity index (χ4v) is 2.97. The van der Waals surface area contributed by atoms with Gasteiger partial charge in [-0.15, -0.1) is 0 Å². The summed E-state index contributed by atoms with van der Waals surface area (Å²) in [7, 11) is 1.41. The molecule has 0 saturated heterocycles. The molecule has 7 nitrogen and oxygen atoms in total. The monoisotopic (exact) mass is 497 g/mol. The maximum atomic E-state index is 12.3. The van der Waals surface area contributed by atoms with Crippen LogP contribution in [0.15, 0.2) is 77.3 Å². The minimum atomic E-state index is -0.674. The van der Waals surface area contributed by atoms with Crippen LogP contribution in [0, 0.1) is 0 Å². The van der Waals surface area contributed by atoms with E-state index in [-0.39, 0.29) is 42.0 Å². The van der Waals surface area contributed by atoms with Gasteiger partial charge in [0.1, 0.15) is 0 Å². The van der Waals surface area contributed by atoms with Gasteiger partial charge in [-0.1, -0.05) is 46.3 Å². The maximum absolute atomic E-state index is 12.3. The smallest absolute Gasteiger partial charge is 0.338 e. The minimum Gasteiger partial charge on any atom is -0.493 e. The van der Waals surface area contributed by atoms with Crippen LogP contribution in [0.2, 0.25) is 0 Å². The van der Waals surface area contributed by atoms with Crippen molar-refractivity contribution in [2.75, 3.05) is 25.6 Å². The van der Waals surface area contributed by atoms with Gasteiger partial charge in [0.25, 0.3) is 5.91 Å². The van der Waals surface area contributed by atoms with Gasteiger partial charge in [-0.05, 0) is 42.5 Å². The lowest BCUT2D eigenvalue weighted by molar-refractivity contribution is -0.118. The zero-order chi connectivity index (χ0) is 22.9. The van der Waals surface area contributed by atoms with E-state index in [9.17, 15) is 14.4 Å². The second kappa shape index (κ2) is 11.1. The molecule has 1 amide bonds. The van der Waals surface area contributed by atoms with Crippen LogP contribution < -0.4 is 14.8 Å². The molecule has 0 unspecified atom stereocenters. The standard InChI is InChI=1S/C24H20BrNO6/c1-30-22-13-17(24(29)32-14-20(27)16-5-3-2-4-6-16)7-12-21(22)31-15-23(28)26-19-10-8-18(25)9-11-19/h2-13H,14-15H2,1H3,(H,26,28). The third kappa shape index (κ3) is 6.42. The fourth-order valence-electron chi connectivity index (χ4n) is 2.71. The molecule has 3 rings (SSSR count). The summed E-state index contributed by atoms with van der Waals surface area (Å²) in [5.74, 6) is -0.785. The van der Waals surface area contributed by atoms with Crippen molar-refractivity contribution in [1.82, 2.24) is 0 Å². The highest BCUT2D eigenvalue weighted by molar-refractivity contribution is 9.10. The Kier molecular flexibility index (Phi) is 7.99. The Morgan fingerprint density at radius 2 is 1.56 bits per heavy atom. The zero-order valence-corrected chi connectivity index (χ0v) is 18.8. The predicted octanol–water partition coefficient (Wildman–Crippen LogP) is 4.51. The highest BCUT2D eigenvalue weighted by Gasteiger charge is 2.15. The Hall–Kier alpha value is -3.65. The van der Waals surface area contributed by atoms with Crippen LogP contribution in [0.4, 0.5) is 5.69 Å². The first kappa shape index (κ1) is 23.0. The van der Waals surface area contributed by atoms with E-state index in [1.165, 1.54) is 25.3 Å². The Bertz CT molecular complexity index is 1100. The zero-order valence-electron chi connectivity index (χ0n) is 17.2. The second-order valence-corrected chi connectivity index (χ2v) is 7.49. The normalized spacial score (nSPS) is 10.2. The third-order valence-electron chi connectivity index (χ3n) is 4.32. The van der Waals surface area contributed by atoms with Gasteiger partial charge in [0.2, 0.25) is 0 Å². The van der Waals surface area contributed by atoms with Crippen LogP contribution in [-0.2, 0) is 9.53 Å². The number of methoxy groups -OCH3 is 1. The molecule has 164 valence electrons. The van der Waals surface area contributed by atoms with E-state index in [2.05, 4.69) is 21.2 Å². The van der Waals surface area contributed by atoms with Crippen LogP contribution in [0.25, 0.3) is 0 Å². The number of nitrogens with one attached hydrogen (secondary N) is 1. The molecule has 0 bridgehead atoms. The van der Waals surface area contributed by atoms with Crippen LogP contribution in [-0.4, -0.2) is 38.0 Å². The van der Waals surface area contributed by atoms with Gasteiger partial charge in [-0.25, -0.2) is 4.79 Å². The van der Waals surface area contributed by atoms with Gasteiger partial charge in [-0.2, -0.15) is 0 Å². The number of ketones is 1. The van der Waals surface area contributed by atoms with Gasteiger partial charge in [0.15, 0.2) is 30.5 Å². The lowest BCUT2D eigenvalue weighted by Crippen LogP contribution is -2.20. The minimum absolute atomic E-state index is 0.189. The average molecular weight is 498 g/mol. The van der Waals surface area contributed by atoms with Crippen molar-refractivity contribution in [1.29, 1.82) is 0 Å². The number of esters is 1. The van der Waals surface area contributed by atoms with Gasteiger partial charge in [0.05, 0.1) is 12.7 Å². The van der Waals surface area contributed by atoms with E-state index in [0.29, 0.717) is 11.3 Å². The highest BCUT2D eigenvalue weighted by Crippen LogP contribution is 2.28. The molecule has 0 aliphatic rings. The molecule has 0 aliphatic carbocycles. The first-order chi connectivity index (χ1) is 15.5. The third-order valence-corrected chi connectivity index (χ3v) is 4.84. The van der Waals surface area contributed by atoms with Crippen molar-refractivity contribution < 1.29 is 28.6 Å². The van der Waals surface area contributed by atoms with Crippen molar-refractivity contribution in [2.24, 2.45) is 0 Å². The molecule has 8 heteroatoms. The molecule has 0 atom stereocenters. The fraction of sp³-hybridized carbons (Fsp3) is 0.125. The van der Waals surface area contributed by atoms with E-state index in [0.717, 1.165) is 4.47 Å². The van der Waals surface area contributed by atoms with E-state index in [4.69, 9.17) is 14.2 Å². The van der Waals surface area contributed by atoms with Crippen molar-refractivity contribution in [3.63, 3.8) is 0 Å². The number of benzene rings is 3. The van der Waals surface area contributed by atoms with E-state index in [1.54, 1.807) is 42.5 Å². The van der Waals surface area contributed by atoms with Crippen molar-refractivity contribution >= 4 is 39.3 Å². The summed E-state index contributed by atoms with van der Waals surface area (Å²) in [6, 6.07) is 20.1. The van der Waals surface area contributed by atoms with Gasteiger partial charge >= 0.3 is 5.97 Å². The van der Waals surface area contributed by atoms with E-state index < -0.39 is 5.97 Å². The largest absolute Gasteiger partial charge is 0.493 e. The van der Waals surface area contributed by atoms with Crippen molar-refractivity contribution in [3.8, 4) is 11.5 Å². The van der Waals surface area contributed by atoms with Crippen molar-refractivity contribution in [3.05, 3.63) is 88.4 Å². The first-order valence-electron chi connectivity index (χ1n) is 9.58. The maximum Gasteiger partial charge on any atom is 0.338 e. The Morgan fingerprint density at radius 1 is 0.844 bits per heavy atom. The molecule has 0 fully saturated rings. The second-order valence-electron chi connectivity index (χ2n) is 6.57. The molecule has 32 heavy (non-hydrogen) atoms. The predicted molar refractivity (Wildman–Crippen MR) is 122 cm³/mol. The number of carbonyl (C=O) groups is 3. The molecule has 1 N–H and O–H groups in total. The number of rotatable bonds is 9. The molecule has 0 spiro atoms. The summed E-state index contributed by atoms with van der Waals surface area (Å²) < 4.78 is 16.8. The summed E-state index contributed by atoms with van der Waals surface area (Å²) in [6.07, 6.45) is 0. The molecular weight excluding hydrogens is 478 g/mol.